The summed E-state index contributed by atoms with van der Waals surface area (Å²) in [5.74, 6) is -1.63. The van der Waals surface area contributed by atoms with E-state index in [4.69, 9.17) is 11.6 Å². The molecule has 0 saturated heterocycles. The van der Waals surface area contributed by atoms with Gasteiger partial charge in [-0.2, -0.15) is 5.10 Å². The third-order valence-electron chi connectivity index (χ3n) is 4.72. The van der Waals surface area contributed by atoms with E-state index < -0.39 is 31.3 Å². The molecule has 12 nitrogen and oxygen atoms in total. The van der Waals surface area contributed by atoms with Crippen molar-refractivity contribution < 1.29 is 23.1 Å². The highest BCUT2D eigenvalue weighted by Crippen LogP contribution is 2.34. The highest BCUT2D eigenvalue weighted by atomic mass is 35.5. The first-order chi connectivity index (χ1) is 15.1. The maximum atomic E-state index is 12.9. The second-order valence-electron chi connectivity index (χ2n) is 6.86. The number of carbonyl (C=O) groups excluding carboxylic acids is 1. The summed E-state index contributed by atoms with van der Waals surface area (Å²) >= 11 is 5.89. The molecule has 2 aromatic carbocycles. The number of fused-ring (bicyclic) bond motifs is 1. The summed E-state index contributed by atoms with van der Waals surface area (Å²) in [7, 11) is -3.48. The number of benzene rings is 2. The summed E-state index contributed by atoms with van der Waals surface area (Å²) in [4.78, 5) is 33.8. The smallest absolute Gasteiger partial charge is 0.282 e. The van der Waals surface area contributed by atoms with Crippen LogP contribution in [0, 0.1) is 20.2 Å². The Morgan fingerprint density at radius 1 is 1.06 bits per heavy atom. The summed E-state index contributed by atoms with van der Waals surface area (Å²) in [6.45, 7) is 0. The molecular formula is C18H12ClN5O7S. The minimum absolute atomic E-state index is 0.00537. The predicted octanol–water partition coefficient (Wildman–Crippen LogP) is 3.02. The lowest BCUT2D eigenvalue weighted by molar-refractivity contribution is -0.385. The predicted molar refractivity (Wildman–Crippen MR) is 113 cm³/mol. The molecule has 0 unspecified atom stereocenters. The molecule has 0 bridgehead atoms. The minimum Gasteiger partial charge on any atom is -0.306 e. The molecule has 4 rings (SSSR count). The lowest BCUT2D eigenvalue weighted by atomic mass is 10.1. The number of nitrogens with one attached hydrogen (secondary N) is 1. The Morgan fingerprint density at radius 2 is 1.75 bits per heavy atom. The molecule has 1 N–H and O–H groups in total. The van der Waals surface area contributed by atoms with Crippen LogP contribution in [0.25, 0.3) is 5.69 Å². The number of nitro benzene ring substituents is 2. The summed E-state index contributed by atoms with van der Waals surface area (Å²) in [5.41, 5.74) is -0.221. The van der Waals surface area contributed by atoms with Gasteiger partial charge in [0.1, 0.15) is 11.4 Å². The van der Waals surface area contributed by atoms with Crippen molar-refractivity contribution in [3.8, 4) is 5.69 Å². The topological polar surface area (TPSA) is 167 Å². The average Bonchev–Trinajstić information content (AvgIpc) is 3.20. The van der Waals surface area contributed by atoms with Gasteiger partial charge < -0.3 is 5.32 Å². The second-order valence-corrected chi connectivity index (χ2v) is 9.37. The van der Waals surface area contributed by atoms with Crippen molar-refractivity contribution in [2.75, 3.05) is 5.32 Å². The fourth-order valence-electron chi connectivity index (χ4n) is 3.30. The number of nitro groups is 2. The van der Waals surface area contributed by atoms with Crippen LogP contribution in [0.5, 0.6) is 0 Å². The molecule has 1 aliphatic rings. The molecular weight excluding hydrogens is 466 g/mol. The van der Waals surface area contributed by atoms with Gasteiger partial charge >= 0.3 is 0 Å². The van der Waals surface area contributed by atoms with Gasteiger partial charge in [-0.15, -0.1) is 0 Å². The van der Waals surface area contributed by atoms with Gasteiger partial charge in [0.2, 0.25) is 0 Å². The van der Waals surface area contributed by atoms with Crippen LogP contribution < -0.4 is 5.32 Å². The number of halogens is 1. The largest absolute Gasteiger partial charge is 0.306 e. The molecule has 0 aliphatic carbocycles. The second kappa shape index (κ2) is 7.69. The molecule has 0 radical (unpaired) electrons. The number of rotatable bonds is 5. The van der Waals surface area contributed by atoms with Gasteiger partial charge in [0.15, 0.2) is 9.84 Å². The van der Waals surface area contributed by atoms with Gasteiger partial charge in [-0.3, -0.25) is 25.0 Å². The van der Waals surface area contributed by atoms with Gasteiger partial charge in [0.05, 0.1) is 32.7 Å². The van der Waals surface area contributed by atoms with E-state index in [2.05, 4.69) is 10.4 Å². The standard InChI is InChI=1S/C18H12ClN5O7S/c19-10-1-6-16(24(28)29)13(7-10)18(25)20-17-14-8-32(30,31)9-15(14)21-22(17)11-2-4-12(5-3-11)23(26)27/h1-7H,8-9H2,(H,20,25). The Bertz CT molecular complexity index is 1400. The summed E-state index contributed by atoms with van der Waals surface area (Å²) in [5, 5.41) is 29.1. The third-order valence-corrected chi connectivity index (χ3v) is 6.40. The number of amides is 1. The monoisotopic (exact) mass is 477 g/mol. The zero-order valence-corrected chi connectivity index (χ0v) is 17.5. The highest BCUT2D eigenvalue weighted by molar-refractivity contribution is 7.90. The molecule has 0 saturated carbocycles. The van der Waals surface area contributed by atoms with Gasteiger partial charge in [-0.05, 0) is 24.3 Å². The van der Waals surface area contributed by atoms with Crippen LogP contribution in [0.15, 0.2) is 42.5 Å². The van der Waals surface area contributed by atoms with Gasteiger partial charge in [0.25, 0.3) is 17.3 Å². The van der Waals surface area contributed by atoms with Crippen molar-refractivity contribution in [3.63, 3.8) is 0 Å². The Balaban J connectivity index is 1.80. The lowest BCUT2D eigenvalue weighted by Crippen LogP contribution is -2.18. The number of hydrogen-bond acceptors (Lipinski definition) is 8. The van der Waals surface area contributed by atoms with E-state index in [1.165, 1.54) is 35.0 Å². The van der Waals surface area contributed by atoms with Crippen molar-refractivity contribution in [1.29, 1.82) is 0 Å². The first-order valence-corrected chi connectivity index (χ1v) is 11.1. The van der Waals surface area contributed by atoms with E-state index >= 15 is 0 Å². The van der Waals surface area contributed by atoms with Crippen molar-refractivity contribution in [1.82, 2.24) is 9.78 Å². The van der Waals surface area contributed by atoms with Crippen LogP contribution in [0.2, 0.25) is 5.02 Å². The van der Waals surface area contributed by atoms with E-state index in [0.717, 1.165) is 12.1 Å². The molecule has 1 amide bonds. The summed E-state index contributed by atoms with van der Waals surface area (Å²) in [6.07, 6.45) is 0. The Labute approximate surface area is 184 Å². The van der Waals surface area contributed by atoms with Crippen LogP contribution in [-0.2, 0) is 21.3 Å². The fraction of sp³-hybridized carbons (Fsp3) is 0.111. The first kappa shape index (κ1) is 21.4. The molecule has 3 aromatic rings. The molecule has 0 fully saturated rings. The SMILES string of the molecule is O=C(Nc1c2c(nn1-c1ccc([N+](=O)[O-])cc1)CS(=O)(=O)C2)c1cc(Cl)ccc1[N+](=O)[O-]. The molecule has 32 heavy (non-hydrogen) atoms. The van der Waals surface area contributed by atoms with Crippen molar-refractivity contribution in [2.45, 2.75) is 11.5 Å². The van der Waals surface area contributed by atoms with E-state index in [0.29, 0.717) is 5.69 Å². The zero-order chi connectivity index (χ0) is 23.2. The highest BCUT2D eigenvalue weighted by Gasteiger charge is 2.34. The molecule has 2 heterocycles. The molecule has 164 valence electrons. The number of aromatic nitrogens is 2. The molecule has 1 aliphatic heterocycles. The van der Waals surface area contributed by atoms with Gasteiger partial charge in [-0.25, -0.2) is 13.1 Å². The van der Waals surface area contributed by atoms with Gasteiger partial charge in [-0.1, -0.05) is 11.6 Å². The zero-order valence-electron chi connectivity index (χ0n) is 15.9. The Morgan fingerprint density at radius 3 is 2.38 bits per heavy atom. The van der Waals surface area contributed by atoms with Crippen LogP contribution in [0.3, 0.4) is 0 Å². The molecule has 0 atom stereocenters. The summed E-state index contributed by atoms with van der Waals surface area (Å²) < 4.78 is 25.4. The van der Waals surface area contributed by atoms with Crippen LogP contribution in [0.1, 0.15) is 21.6 Å². The first-order valence-electron chi connectivity index (χ1n) is 8.87. The molecule has 1 aromatic heterocycles. The Hall–Kier alpha value is -3.84. The molecule has 14 heteroatoms. The fourth-order valence-corrected chi connectivity index (χ4v) is 4.96. The van der Waals surface area contributed by atoms with Crippen molar-refractivity contribution in [3.05, 3.63) is 84.5 Å². The van der Waals surface area contributed by atoms with Crippen molar-refractivity contribution >= 4 is 44.5 Å². The number of nitrogens with zero attached hydrogens (tertiary/aromatic N) is 4. The lowest BCUT2D eigenvalue weighted by Gasteiger charge is -2.11. The van der Waals surface area contributed by atoms with Crippen LogP contribution in [-0.4, -0.2) is 34.0 Å². The van der Waals surface area contributed by atoms with E-state index in [1.807, 2.05) is 0 Å². The van der Waals surface area contributed by atoms with Gasteiger partial charge in [0, 0.05) is 28.8 Å². The summed E-state index contributed by atoms with van der Waals surface area (Å²) in [6, 6.07) is 8.69. The van der Waals surface area contributed by atoms with Crippen molar-refractivity contribution in [2.24, 2.45) is 0 Å². The maximum absolute atomic E-state index is 12.9. The van der Waals surface area contributed by atoms with E-state index in [9.17, 15) is 33.4 Å². The number of hydrogen-bond donors (Lipinski definition) is 1. The normalized spacial score (nSPS) is 14.0. The third kappa shape index (κ3) is 3.90. The van der Waals surface area contributed by atoms with Crippen LogP contribution >= 0.6 is 11.6 Å². The number of carbonyl (C=O) groups is 1. The molecule has 0 spiro atoms. The average molecular weight is 478 g/mol. The van der Waals surface area contributed by atoms with E-state index in [1.54, 1.807) is 0 Å². The number of sulfone groups is 1. The quantitative estimate of drug-likeness (QED) is 0.432. The van der Waals surface area contributed by atoms with Crippen LogP contribution in [0.4, 0.5) is 17.2 Å². The minimum atomic E-state index is -3.48. The number of non-ortho nitro benzene ring substituents is 1. The maximum Gasteiger partial charge on any atom is 0.282 e. The van der Waals surface area contributed by atoms with E-state index in [-0.39, 0.29) is 44.9 Å². The Kier molecular flexibility index (Phi) is 5.14. The number of anilines is 1.